The van der Waals surface area contributed by atoms with Gasteiger partial charge in [-0.25, -0.2) is 0 Å². The topological polar surface area (TPSA) is 26.3 Å². The molecule has 2 nitrogen and oxygen atoms in total. The van der Waals surface area contributed by atoms with E-state index in [2.05, 4.69) is 39.0 Å². The minimum Gasteiger partial charge on any atom is -0.459 e. The summed E-state index contributed by atoms with van der Waals surface area (Å²) in [6.07, 6.45) is 0. The second-order valence-corrected chi connectivity index (χ2v) is 7.26. The lowest BCUT2D eigenvalue weighted by atomic mass is 9.79. The summed E-state index contributed by atoms with van der Waals surface area (Å²) in [7, 11) is 0. The third-order valence-electron chi connectivity index (χ3n) is 4.42. The molecule has 0 aliphatic carbocycles. The van der Waals surface area contributed by atoms with Crippen LogP contribution in [0.25, 0.3) is 0 Å². The summed E-state index contributed by atoms with van der Waals surface area (Å²) < 4.78 is 5.77. The van der Waals surface area contributed by atoms with Crippen molar-refractivity contribution < 1.29 is 9.53 Å². The first kappa shape index (κ1) is 16.7. The summed E-state index contributed by atoms with van der Waals surface area (Å²) in [5, 5.41) is 0. The number of aryl methyl sites for hydroxylation is 2. The highest BCUT2D eigenvalue weighted by Gasteiger charge is 2.37. The lowest BCUT2D eigenvalue weighted by Crippen LogP contribution is -2.42. The van der Waals surface area contributed by atoms with Crippen LogP contribution in [0.1, 0.15) is 64.2 Å². The Hall–Kier alpha value is -1.31. The van der Waals surface area contributed by atoms with Crippen molar-refractivity contribution in [3.05, 3.63) is 34.9 Å². The van der Waals surface area contributed by atoms with Crippen LogP contribution in [0.5, 0.6) is 0 Å². The summed E-state index contributed by atoms with van der Waals surface area (Å²) in [5.41, 5.74) is 2.77. The Morgan fingerprint density at radius 2 is 1.65 bits per heavy atom. The first-order valence-electron chi connectivity index (χ1n) is 7.26. The van der Waals surface area contributed by atoms with Crippen molar-refractivity contribution in [3.63, 3.8) is 0 Å². The normalized spacial score (nSPS) is 14.0. The lowest BCUT2D eigenvalue weighted by Gasteiger charge is -2.38. The molecule has 0 fully saturated rings. The molecule has 0 bridgehead atoms. The van der Waals surface area contributed by atoms with E-state index in [1.807, 2.05) is 34.6 Å². The van der Waals surface area contributed by atoms with Crippen LogP contribution < -0.4 is 0 Å². The van der Waals surface area contributed by atoms with E-state index in [0.29, 0.717) is 0 Å². The first-order valence-corrected chi connectivity index (χ1v) is 7.26. The summed E-state index contributed by atoms with van der Waals surface area (Å²) in [6, 6.07) is 6.20. The van der Waals surface area contributed by atoms with Crippen LogP contribution in [0, 0.1) is 19.3 Å². The van der Waals surface area contributed by atoms with E-state index in [4.69, 9.17) is 4.74 Å². The van der Waals surface area contributed by atoms with E-state index >= 15 is 0 Å². The fraction of sp³-hybridized carbons (Fsp3) is 0.611. The minimum absolute atomic E-state index is 0.0932. The Labute approximate surface area is 123 Å². The maximum Gasteiger partial charge on any atom is 0.313 e. The minimum atomic E-state index is -0.490. The number of carbonyl (C=O) groups is 1. The molecule has 0 aliphatic rings. The average Bonchev–Trinajstić information content (AvgIpc) is 2.29. The van der Waals surface area contributed by atoms with Gasteiger partial charge in [0.15, 0.2) is 0 Å². The summed E-state index contributed by atoms with van der Waals surface area (Å²) in [5.74, 6) is -0.393. The van der Waals surface area contributed by atoms with Gasteiger partial charge in [-0.2, -0.15) is 0 Å². The highest BCUT2D eigenvalue weighted by atomic mass is 16.6. The zero-order valence-corrected chi connectivity index (χ0v) is 14.1. The molecule has 0 amide bonds. The van der Waals surface area contributed by atoms with E-state index in [1.54, 1.807) is 0 Å². The van der Waals surface area contributed by atoms with E-state index in [-0.39, 0.29) is 17.3 Å². The van der Waals surface area contributed by atoms with E-state index in [9.17, 15) is 4.79 Å². The number of esters is 1. The van der Waals surface area contributed by atoms with Crippen molar-refractivity contribution in [2.24, 2.45) is 5.41 Å². The number of rotatable bonds is 3. The molecule has 0 saturated carbocycles. The van der Waals surface area contributed by atoms with E-state index in [0.717, 1.165) is 11.1 Å². The molecule has 20 heavy (non-hydrogen) atoms. The molecule has 1 rings (SSSR count). The monoisotopic (exact) mass is 276 g/mol. The van der Waals surface area contributed by atoms with Gasteiger partial charge in [-0.05, 0) is 45.7 Å². The summed E-state index contributed by atoms with van der Waals surface area (Å²) in [4.78, 5) is 12.4. The summed E-state index contributed by atoms with van der Waals surface area (Å²) >= 11 is 0. The van der Waals surface area contributed by atoms with Crippen LogP contribution in [0.4, 0.5) is 0 Å². The van der Waals surface area contributed by atoms with Crippen molar-refractivity contribution in [2.75, 3.05) is 0 Å². The molecule has 0 unspecified atom stereocenters. The second kappa shape index (κ2) is 5.59. The quantitative estimate of drug-likeness (QED) is 0.743. The van der Waals surface area contributed by atoms with Gasteiger partial charge in [-0.1, -0.05) is 44.5 Å². The van der Waals surface area contributed by atoms with E-state index in [1.165, 1.54) is 5.56 Å². The molecular weight excluding hydrogens is 248 g/mol. The van der Waals surface area contributed by atoms with Gasteiger partial charge in [0.1, 0.15) is 5.60 Å². The van der Waals surface area contributed by atoms with Crippen molar-refractivity contribution >= 4 is 5.97 Å². The molecule has 0 aliphatic heterocycles. The van der Waals surface area contributed by atoms with Gasteiger partial charge in [0.25, 0.3) is 0 Å². The maximum absolute atomic E-state index is 12.4. The van der Waals surface area contributed by atoms with Gasteiger partial charge in [0, 0.05) is 5.41 Å². The van der Waals surface area contributed by atoms with Gasteiger partial charge in [-0.3, -0.25) is 4.79 Å². The molecule has 112 valence electrons. The first-order chi connectivity index (χ1) is 8.95. The molecule has 1 aromatic carbocycles. The smallest absolute Gasteiger partial charge is 0.313 e. The Balaban J connectivity index is 2.96. The number of benzene rings is 1. The van der Waals surface area contributed by atoms with Crippen LogP contribution >= 0.6 is 0 Å². The van der Waals surface area contributed by atoms with Crippen molar-refractivity contribution in [3.8, 4) is 0 Å². The van der Waals surface area contributed by atoms with Crippen LogP contribution in [-0.4, -0.2) is 11.6 Å². The SMILES string of the molecule is Cc1ccc(C)c([C@H](C)C(=O)OC(C)(C)C(C)(C)C)c1. The zero-order valence-electron chi connectivity index (χ0n) is 14.1. The predicted molar refractivity (Wildman–Crippen MR) is 84.0 cm³/mol. The van der Waals surface area contributed by atoms with Crippen molar-refractivity contribution in [1.29, 1.82) is 0 Å². The van der Waals surface area contributed by atoms with Gasteiger partial charge < -0.3 is 4.74 Å². The fourth-order valence-corrected chi connectivity index (χ4v) is 1.85. The second-order valence-electron chi connectivity index (χ2n) is 7.26. The van der Waals surface area contributed by atoms with Crippen molar-refractivity contribution in [2.45, 2.75) is 66.9 Å². The standard InChI is InChI=1S/C18H28O2/c1-12-9-10-13(2)15(11-12)14(3)16(19)20-18(7,8)17(4,5)6/h9-11,14H,1-8H3/t14-/m0/s1. The highest BCUT2D eigenvalue weighted by molar-refractivity contribution is 5.78. The van der Waals surface area contributed by atoms with Crippen LogP contribution in [-0.2, 0) is 9.53 Å². The molecule has 2 heteroatoms. The average molecular weight is 276 g/mol. The predicted octanol–water partition coefficient (Wildman–Crippen LogP) is 4.77. The van der Waals surface area contributed by atoms with Gasteiger partial charge in [0.05, 0.1) is 5.92 Å². The molecule has 0 N–H and O–H groups in total. The third kappa shape index (κ3) is 3.62. The number of ether oxygens (including phenoxy) is 1. The molecule has 0 saturated heterocycles. The molecular formula is C18H28O2. The molecule has 1 atom stereocenters. The Bertz CT molecular complexity index is 493. The lowest BCUT2D eigenvalue weighted by molar-refractivity contribution is -0.168. The van der Waals surface area contributed by atoms with Gasteiger partial charge in [-0.15, -0.1) is 0 Å². The molecule has 0 heterocycles. The summed E-state index contributed by atoms with van der Waals surface area (Å²) in [6.45, 7) is 16.2. The Kier molecular flexibility index (Phi) is 4.68. The van der Waals surface area contributed by atoms with Crippen LogP contribution in [0.15, 0.2) is 18.2 Å². The van der Waals surface area contributed by atoms with E-state index < -0.39 is 5.60 Å². The number of carbonyl (C=O) groups excluding carboxylic acids is 1. The maximum atomic E-state index is 12.4. The number of hydrogen-bond acceptors (Lipinski definition) is 2. The Morgan fingerprint density at radius 3 is 2.15 bits per heavy atom. The largest absolute Gasteiger partial charge is 0.459 e. The molecule has 0 aromatic heterocycles. The van der Waals surface area contributed by atoms with Crippen LogP contribution in [0.3, 0.4) is 0 Å². The molecule has 0 radical (unpaired) electrons. The third-order valence-corrected chi connectivity index (χ3v) is 4.42. The van der Waals surface area contributed by atoms with Gasteiger partial charge >= 0.3 is 5.97 Å². The fourth-order valence-electron chi connectivity index (χ4n) is 1.85. The Morgan fingerprint density at radius 1 is 1.10 bits per heavy atom. The molecule has 1 aromatic rings. The van der Waals surface area contributed by atoms with Gasteiger partial charge in [0.2, 0.25) is 0 Å². The van der Waals surface area contributed by atoms with Crippen molar-refractivity contribution in [1.82, 2.24) is 0 Å². The van der Waals surface area contributed by atoms with Crippen LogP contribution in [0.2, 0.25) is 0 Å². The number of hydrogen-bond donors (Lipinski definition) is 0. The zero-order chi connectivity index (χ0) is 15.7. The molecule has 0 spiro atoms. The highest BCUT2D eigenvalue weighted by Crippen LogP contribution is 2.35.